The summed E-state index contributed by atoms with van der Waals surface area (Å²) in [5.41, 5.74) is 0.0221. The quantitative estimate of drug-likeness (QED) is 0.803. The normalized spacial score (nSPS) is 35.5. The van der Waals surface area contributed by atoms with Crippen LogP contribution < -0.4 is 0 Å². The van der Waals surface area contributed by atoms with Crippen LogP contribution in [-0.2, 0) is 4.74 Å². The van der Waals surface area contributed by atoms with E-state index in [0.717, 1.165) is 18.7 Å². The molecule has 0 aromatic heterocycles. The van der Waals surface area contributed by atoms with Crippen LogP contribution in [0, 0.1) is 5.41 Å². The van der Waals surface area contributed by atoms with E-state index in [1.807, 2.05) is 0 Å². The Kier molecular flexibility index (Phi) is 3.32. The highest BCUT2D eigenvalue weighted by Crippen LogP contribution is 2.62. The molecule has 3 nitrogen and oxygen atoms in total. The van der Waals surface area contributed by atoms with Crippen LogP contribution in [-0.4, -0.2) is 33.8 Å². The third kappa shape index (κ3) is 2.24. The molecular weight excluding hydrogens is 250 g/mol. The molecule has 2 bridgehead atoms. The van der Waals surface area contributed by atoms with E-state index in [9.17, 15) is 5.11 Å². The average Bonchev–Trinajstić information content (AvgIpc) is 3.05. The van der Waals surface area contributed by atoms with Crippen LogP contribution in [0.15, 0.2) is 12.0 Å². The van der Waals surface area contributed by atoms with Gasteiger partial charge in [-0.05, 0) is 65.4 Å². The summed E-state index contributed by atoms with van der Waals surface area (Å²) in [6, 6.07) is 0.970. The van der Waals surface area contributed by atoms with E-state index in [1.54, 1.807) is 0 Å². The monoisotopic (exact) mass is 279 g/mol. The molecule has 20 heavy (non-hydrogen) atoms. The second-order valence-corrected chi connectivity index (χ2v) is 7.80. The summed E-state index contributed by atoms with van der Waals surface area (Å²) >= 11 is 0. The Bertz CT molecular complexity index is 406. The maximum Gasteiger partial charge on any atom is 0.186 e. The molecule has 3 unspecified atom stereocenters. The van der Waals surface area contributed by atoms with Crippen molar-refractivity contribution in [3.05, 3.63) is 12.0 Å². The number of ether oxygens (including phenoxy) is 1. The summed E-state index contributed by atoms with van der Waals surface area (Å²) in [5.74, 6) is 1.06. The summed E-state index contributed by atoms with van der Waals surface area (Å²) in [6.45, 7) is 8.51. The fourth-order valence-electron chi connectivity index (χ4n) is 4.23. The van der Waals surface area contributed by atoms with E-state index in [2.05, 4.69) is 38.7 Å². The zero-order valence-electron chi connectivity index (χ0n) is 13.4. The van der Waals surface area contributed by atoms with Gasteiger partial charge in [-0.15, -0.1) is 0 Å². The van der Waals surface area contributed by atoms with Gasteiger partial charge in [-0.3, -0.25) is 0 Å². The predicted octanol–water partition coefficient (Wildman–Crippen LogP) is 3.43. The fraction of sp³-hybridized carbons (Fsp3) is 0.882. The van der Waals surface area contributed by atoms with Crippen molar-refractivity contribution in [1.29, 1.82) is 0 Å². The highest BCUT2D eigenvalue weighted by molar-refractivity contribution is 5.19. The molecule has 1 aliphatic carbocycles. The summed E-state index contributed by atoms with van der Waals surface area (Å²) in [6.07, 6.45) is 8.86. The Morgan fingerprint density at radius 2 is 2.05 bits per heavy atom. The molecule has 3 heteroatoms. The highest BCUT2D eigenvalue weighted by atomic mass is 16.5. The van der Waals surface area contributed by atoms with Gasteiger partial charge in [0, 0.05) is 17.5 Å². The zero-order valence-corrected chi connectivity index (χ0v) is 13.4. The standard InChI is InChI=1S/C17H29NO2/c1-5-6-15(20-16(2,3)4)18-12-7-8-13(18)17(9-10-17)14(19)11-12/h6,12-14,19H,5,7-11H2,1-4H3/b15-6-. The molecule has 0 amide bonds. The molecule has 2 aliphatic heterocycles. The number of aliphatic hydroxyl groups is 1. The van der Waals surface area contributed by atoms with Crippen molar-refractivity contribution in [1.82, 2.24) is 4.90 Å². The van der Waals surface area contributed by atoms with Gasteiger partial charge in [0.25, 0.3) is 0 Å². The van der Waals surface area contributed by atoms with Crippen molar-refractivity contribution in [2.45, 2.75) is 90.0 Å². The number of hydrogen-bond acceptors (Lipinski definition) is 3. The van der Waals surface area contributed by atoms with Crippen LogP contribution in [0.4, 0.5) is 0 Å². The number of nitrogens with zero attached hydrogens (tertiary/aromatic N) is 1. The van der Waals surface area contributed by atoms with Crippen molar-refractivity contribution in [2.75, 3.05) is 0 Å². The Balaban J connectivity index is 1.87. The Morgan fingerprint density at radius 1 is 1.35 bits per heavy atom. The molecule has 1 saturated carbocycles. The van der Waals surface area contributed by atoms with Gasteiger partial charge in [0.05, 0.1) is 6.10 Å². The van der Waals surface area contributed by atoms with Gasteiger partial charge in [-0.1, -0.05) is 6.92 Å². The van der Waals surface area contributed by atoms with E-state index in [0.29, 0.717) is 12.1 Å². The van der Waals surface area contributed by atoms with Gasteiger partial charge in [0.2, 0.25) is 0 Å². The Hall–Kier alpha value is -0.700. The minimum absolute atomic E-state index is 0.0891. The van der Waals surface area contributed by atoms with Gasteiger partial charge < -0.3 is 14.7 Å². The smallest absolute Gasteiger partial charge is 0.186 e. The minimum Gasteiger partial charge on any atom is -0.474 e. The molecule has 2 heterocycles. The maximum absolute atomic E-state index is 10.5. The lowest BCUT2D eigenvalue weighted by molar-refractivity contribution is -0.0723. The van der Waals surface area contributed by atoms with Crippen LogP contribution in [0.3, 0.4) is 0 Å². The number of piperidine rings is 1. The molecule has 3 aliphatic rings. The molecule has 1 N–H and O–H groups in total. The van der Waals surface area contributed by atoms with E-state index in [-0.39, 0.29) is 17.1 Å². The van der Waals surface area contributed by atoms with Crippen molar-refractivity contribution in [2.24, 2.45) is 5.41 Å². The van der Waals surface area contributed by atoms with Crippen LogP contribution in [0.5, 0.6) is 0 Å². The molecule has 1 spiro atoms. The first-order chi connectivity index (χ1) is 9.37. The first-order valence-corrected chi connectivity index (χ1v) is 8.23. The van der Waals surface area contributed by atoms with Gasteiger partial charge in [-0.25, -0.2) is 0 Å². The molecule has 3 fully saturated rings. The van der Waals surface area contributed by atoms with E-state index in [1.165, 1.54) is 25.7 Å². The number of fused-ring (bicyclic) bond motifs is 3. The van der Waals surface area contributed by atoms with Crippen molar-refractivity contribution in [3.63, 3.8) is 0 Å². The molecule has 3 rings (SSSR count). The lowest BCUT2D eigenvalue weighted by Gasteiger charge is -2.46. The predicted molar refractivity (Wildman–Crippen MR) is 80.2 cm³/mol. The lowest BCUT2D eigenvalue weighted by atomic mass is 9.84. The van der Waals surface area contributed by atoms with Gasteiger partial charge in [-0.2, -0.15) is 0 Å². The van der Waals surface area contributed by atoms with Crippen molar-refractivity contribution >= 4 is 0 Å². The third-order valence-electron chi connectivity index (χ3n) is 5.20. The summed E-state index contributed by atoms with van der Waals surface area (Å²) in [7, 11) is 0. The van der Waals surface area contributed by atoms with Gasteiger partial charge in [0.15, 0.2) is 5.88 Å². The molecule has 114 valence electrons. The molecule has 3 atom stereocenters. The van der Waals surface area contributed by atoms with Crippen LogP contribution in [0.2, 0.25) is 0 Å². The lowest BCUT2D eigenvalue weighted by Crippen LogP contribution is -2.52. The SMILES string of the molecule is CC/C=C(\OC(C)(C)C)N1C2CCC1C1(CC1)C(O)C2. The summed E-state index contributed by atoms with van der Waals surface area (Å²) in [4.78, 5) is 2.52. The molecular formula is C17H29NO2. The van der Waals surface area contributed by atoms with Crippen LogP contribution in [0.25, 0.3) is 0 Å². The van der Waals surface area contributed by atoms with Crippen molar-refractivity contribution in [3.8, 4) is 0 Å². The van der Waals surface area contributed by atoms with E-state index >= 15 is 0 Å². The van der Waals surface area contributed by atoms with E-state index in [4.69, 9.17) is 4.74 Å². The van der Waals surface area contributed by atoms with Gasteiger partial charge >= 0.3 is 0 Å². The van der Waals surface area contributed by atoms with E-state index < -0.39 is 0 Å². The largest absolute Gasteiger partial charge is 0.474 e. The van der Waals surface area contributed by atoms with Gasteiger partial charge in [0.1, 0.15) is 5.60 Å². The Morgan fingerprint density at radius 3 is 2.60 bits per heavy atom. The summed E-state index contributed by atoms with van der Waals surface area (Å²) < 4.78 is 6.26. The minimum atomic E-state index is -0.160. The number of allylic oxidation sites excluding steroid dienone is 1. The van der Waals surface area contributed by atoms with Crippen molar-refractivity contribution < 1.29 is 9.84 Å². The molecule has 0 aromatic rings. The number of rotatable bonds is 3. The highest BCUT2D eigenvalue weighted by Gasteiger charge is 2.63. The topological polar surface area (TPSA) is 32.7 Å². The zero-order chi connectivity index (χ0) is 14.5. The molecule has 0 radical (unpaired) electrons. The first kappa shape index (κ1) is 14.2. The number of aliphatic hydroxyl groups excluding tert-OH is 1. The second-order valence-electron chi connectivity index (χ2n) is 7.80. The number of hydrogen-bond donors (Lipinski definition) is 1. The molecule has 2 saturated heterocycles. The second kappa shape index (κ2) is 4.66. The summed E-state index contributed by atoms with van der Waals surface area (Å²) in [5, 5.41) is 10.5. The average molecular weight is 279 g/mol. The third-order valence-corrected chi connectivity index (χ3v) is 5.20. The maximum atomic E-state index is 10.5. The van der Waals surface area contributed by atoms with Crippen LogP contribution >= 0.6 is 0 Å². The fourth-order valence-corrected chi connectivity index (χ4v) is 4.23. The Labute approximate surface area is 123 Å². The first-order valence-electron chi connectivity index (χ1n) is 8.23. The molecule has 0 aromatic carbocycles. The van der Waals surface area contributed by atoms with Crippen LogP contribution in [0.1, 0.15) is 66.2 Å².